The molecular formula is C11H14F3N3O2. The first-order chi connectivity index (χ1) is 8.74. The minimum atomic E-state index is -4.49. The molecule has 0 atom stereocenters. The Morgan fingerprint density at radius 3 is 2.63 bits per heavy atom. The van der Waals surface area contributed by atoms with E-state index < -0.39 is 18.6 Å². The number of carbonyl (C=O) groups is 2. The maximum atomic E-state index is 12.4. The third kappa shape index (κ3) is 4.38. The Morgan fingerprint density at radius 1 is 1.53 bits per heavy atom. The lowest BCUT2D eigenvalue weighted by atomic mass is 10.1. The molecule has 0 saturated heterocycles. The number of halogens is 3. The number of alkyl halides is 3. The summed E-state index contributed by atoms with van der Waals surface area (Å²) in [6, 6.07) is 0. The Bertz CT molecular complexity index is 418. The van der Waals surface area contributed by atoms with E-state index in [1.54, 1.807) is 0 Å². The Morgan fingerprint density at radius 2 is 2.16 bits per heavy atom. The number of rotatable bonds is 4. The summed E-state index contributed by atoms with van der Waals surface area (Å²) in [5.74, 6) is -1.10. The molecule has 1 aliphatic rings. The van der Waals surface area contributed by atoms with Gasteiger partial charge in [-0.2, -0.15) is 18.3 Å². The van der Waals surface area contributed by atoms with Crippen LogP contribution in [0.2, 0.25) is 0 Å². The number of hydrazone groups is 1. The van der Waals surface area contributed by atoms with Crippen LogP contribution in [0.4, 0.5) is 13.2 Å². The van der Waals surface area contributed by atoms with E-state index in [0.717, 1.165) is 5.01 Å². The van der Waals surface area contributed by atoms with E-state index in [-0.39, 0.29) is 31.0 Å². The van der Waals surface area contributed by atoms with Gasteiger partial charge in [-0.15, -0.1) is 6.58 Å². The molecule has 0 aliphatic carbocycles. The van der Waals surface area contributed by atoms with Gasteiger partial charge in [0, 0.05) is 26.4 Å². The molecule has 0 radical (unpaired) electrons. The molecule has 0 unspecified atom stereocenters. The van der Waals surface area contributed by atoms with Gasteiger partial charge in [-0.25, -0.2) is 5.01 Å². The largest absolute Gasteiger partial charge is 0.406 e. The van der Waals surface area contributed by atoms with Crippen molar-refractivity contribution < 1.29 is 22.8 Å². The highest BCUT2D eigenvalue weighted by Crippen LogP contribution is 2.18. The average molecular weight is 277 g/mol. The van der Waals surface area contributed by atoms with Crippen LogP contribution in [0.15, 0.2) is 17.8 Å². The zero-order chi connectivity index (χ0) is 14.6. The van der Waals surface area contributed by atoms with Gasteiger partial charge in [-0.1, -0.05) is 6.08 Å². The summed E-state index contributed by atoms with van der Waals surface area (Å²) in [4.78, 5) is 23.7. The van der Waals surface area contributed by atoms with E-state index in [1.807, 2.05) is 0 Å². The fourth-order valence-corrected chi connectivity index (χ4v) is 1.60. The zero-order valence-electron chi connectivity index (χ0n) is 10.4. The van der Waals surface area contributed by atoms with Gasteiger partial charge in [0.2, 0.25) is 5.91 Å². The molecule has 2 amide bonds. The quantitative estimate of drug-likeness (QED) is 0.724. The van der Waals surface area contributed by atoms with Gasteiger partial charge < -0.3 is 4.90 Å². The van der Waals surface area contributed by atoms with Gasteiger partial charge in [0.05, 0.1) is 0 Å². The molecule has 0 fully saturated rings. The first-order valence-electron chi connectivity index (χ1n) is 5.55. The predicted octanol–water partition coefficient (Wildman–Crippen LogP) is 1.17. The summed E-state index contributed by atoms with van der Waals surface area (Å²) < 4.78 is 37.1. The Hall–Kier alpha value is -1.86. The van der Waals surface area contributed by atoms with Crippen LogP contribution in [-0.2, 0) is 9.59 Å². The Labute approximate surface area is 108 Å². The number of hydrogen-bond donors (Lipinski definition) is 0. The molecule has 5 nitrogen and oxygen atoms in total. The molecule has 0 aromatic rings. The Kier molecular flexibility index (Phi) is 4.68. The van der Waals surface area contributed by atoms with Crippen molar-refractivity contribution in [2.75, 3.05) is 20.1 Å². The lowest BCUT2D eigenvalue weighted by molar-refractivity contribution is -0.156. The highest BCUT2D eigenvalue weighted by molar-refractivity contribution is 6.39. The van der Waals surface area contributed by atoms with Crippen LogP contribution in [0.1, 0.15) is 12.8 Å². The molecule has 0 aromatic carbocycles. The first kappa shape index (κ1) is 15.2. The van der Waals surface area contributed by atoms with E-state index in [1.165, 1.54) is 13.1 Å². The summed E-state index contributed by atoms with van der Waals surface area (Å²) in [5.41, 5.74) is -0.0480. The second kappa shape index (κ2) is 5.85. The van der Waals surface area contributed by atoms with Crippen molar-refractivity contribution in [3.8, 4) is 0 Å². The van der Waals surface area contributed by atoms with Crippen molar-refractivity contribution in [3.63, 3.8) is 0 Å². The first-order valence-corrected chi connectivity index (χ1v) is 5.55. The maximum absolute atomic E-state index is 12.4. The van der Waals surface area contributed by atoms with Crippen LogP contribution >= 0.6 is 0 Å². The van der Waals surface area contributed by atoms with Gasteiger partial charge in [0.15, 0.2) is 0 Å². The molecule has 19 heavy (non-hydrogen) atoms. The summed E-state index contributed by atoms with van der Waals surface area (Å²) in [5, 5.41) is 4.67. The monoisotopic (exact) mass is 277 g/mol. The summed E-state index contributed by atoms with van der Waals surface area (Å²) in [6.45, 7) is 1.73. The van der Waals surface area contributed by atoms with Crippen molar-refractivity contribution in [1.82, 2.24) is 9.91 Å². The maximum Gasteiger partial charge on any atom is 0.406 e. The molecular weight excluding hydrogens is 263 g/mol. The predicted molar refractivity (Wildman–Crippen MR) is 62.3 cm³/mol. The highest BCUT2D eigenvalue weighted by atomic mass is 19.4. The topological polar surface area (TPSA) is 53.0 Å². The highest BCUT2D eigenvalue weighted by Gasteiger charge is 2.34. The van der Waals surface area contributed by atoms with Crippen molar-refractivity contribution in [2.45, 2.75) is 19.0 Å². The smallest absolute Gasteiger partial charge is 0.325 e. The van der Waals surface area contributed by atoms with Crippen LogP contribution in [-0.4, -0.2) is 53.7 Å². The zero-order valence-corrected chi connectivity index (χ0v) is 10.4. The second-order valence-corrected chi connectivity index (χ2v) is 4.05. The third-order valence-corrected chi connectivity index (χ3v) is 2.46. The fraction of sp³-hybridized carbons (Fsp3) is 0.545. The fourth-order valence-electron chi connectivity index (χ4n) is 1.60. The van der Waals surface area contributed by atoms with Crippen LogP contribution in [0.3, 0.4) is 0 Å². The summed E-state index contributed by atoms with van der Waals surface area (Å²) >= 11 is 0. The molecule has 1 heterocycles. The van der Waals surface area contributed by atoms with Crippen molar-refractivity contribution in [3.05, 3.63) is 12.7 Å². The minimum absolute atomic E-state index is 0.0480. The molecule has 1 rings (SSSR count). The van der Waals surface area contributed by atoms with E-state index in [2.05, 4.69) is 11.7 Å². The summed E-state index contributed by atoms with van der Waals surface area (Å²) in [6.07, 6.45) is -3.17. The van der Waals surface area contributed by atoms with Gasteiger partial charge in [0.25, 0.3) is 5.91 Å². The lowest BCUT2D eigenvalue weighted by Crippen LogP contribution is -2.44. The molecule has 0 N–H and O–H groups in total. The molecule has 8 heteroatoms. The van der Waals surface area contributed by atoms with Crippen LogP contribution in [0, 0.1) is 0 Å². The normalized spacial score (nSPS) is 16.1. The number of nitrogens with zero attached hydrogens (tertiary/aromatic N) is 3. The van der Waals surface area contributed by atoms with Crippen molar-refractivity contribution in [1.29, 1.82) is 0 Å². The van der Waals surface area contributed by atoms with Crippen molar-refractivity contribution >= 4 is 17.5 Å². The Balaban J connectivity index is 2.85. The molecule has 0 spiro atoms. The van der Waals surface area contributed by atoms with Crippen LogP contribution in [0.25, 0.3) is 0 Å². The molecule has 1 aliphatic heterocycles. The lowest BCUT2D eigenvalue weighted by Gasteiger charge is -2.25. The number of amides is 2. The van der Waals surface area contributed by atoms with Crippen LogP contribution < -0.4 is 0 Å². The molecule has 106 valence electrons. The molecule has 0 saturated carbocycles. The van der Waals surface area contributed by atoms with Gasteiger partial charge in [-0.05, 0) is 0 Å². The van der Waals surface area contributed by atoms with E-state index in [0.29, 0.717) is 4.90 Å². The van der Waals surface area contributed by atoms with Crippen molar-refractivity contribution in [2.24, 2.45) is 5.10 Å². The van der Waals surface area contributed by atoms with Crippen LogP contribution in [0.5, 0.6) is 0 Å². The van der Waals surface area contributed by atoms with E-state index in [4.69, 9.17) is 0 Å². The minimum Gasteiger partial charge on any atom is -0.325 e. The van der Waals surface area contributed by atoms with Gasteiger partial charge in [0.1, 0.15) is 12.3 Å². The van der Waals surface area contributed by atoms with E-state index >= 15 is 0 Å². The van der Waals surface area contributed by atoms with E-state index in [9.17, 15) is 22.8 Å². The SMILES string of the molecule is C=CCN(CC(F)(F)F)C(=O)C1=NN(C)C(=O)CC1. The standard InChI is InChI=1S/C11H14F3N3O2/c1-3-6-17(7-11(12,13)14)10(19)8-4-5-9(18)16(2)15-8/h3H,1,4-7H2,2H3. The van der Waals surface area contributed by atoms with Gasteiger partial charge >= 0.3 is 6.18 Å². The average Bonchev–Trinajstić information content (AvgIpc) is 2.29. The molecule has 0 bridgehead atoms. The third-order valence-electron chi connectivity index (χ3n) is 2.46. The number of hydrogen-bond acceptors (Lipinski definition) is 3. The second-order valence-electron chi connectivity index (χ2n) is 4.05. The molecule has 0 aromatic heterocycles. The summed E-state index contributed by atoms with van der Waals surface area (Å²) in [7, 11) is 1.36. The number of carbonyl (C=O) groups excluding carboxylic acids is 2. The van der Waals surface area contributed by atoms with Gasteiger partial charge in [-0.3, -0.25) is 9.59 Å².